The van der Waals surface area contributed by atoms with Crippen LogP contribution in [0.1, 0.15) is 52.8 Å². The standard InChI is InChI=1S/C27H27F3N4/c1-4-14-32-25-18(9-7-10-22(25)27(28,29)30)17(3)33-26(31)20-8-5-6-11-23(20)34-24-19-13-12-16(2)15-21(19)24/h5-13,15,24,32,34H,3-4,14H2,1-2H3,(H2,31,33). The summed E-state index contributed by atoms with van der Waals surface area (Å²) in [6.07, 6.45) is -3.83. The summed E-state index contributed by atoms with van der Waals surface area (Å²) in [4.78, 5) is 4.41. The van der Waals surface area contributed by atoms with Gasteiger partial charge in [-0.25, -0.2) is 4.99 Å². The van der Waals surface area contributed by atoms with Gasteiger partial charge in [0.2, 0.25) is 0 Å². The third kappa shape index (κ3) is 4.78. The molecule has 4 rings (SSSR count). The lowest BCUT2D eigenvalue weighted by Gasteiger charge is -2.18. The normalized spacial score (nSPS) is 15.0. The number of benzene rings is 3. The number of nitrogens with two attached hydrogens (primary N) is 1. The molecule has 0 amide bonds. The number of nitrogens with one attached hydrogen (secondary N) is 2. The Hall–Kier alpha value is -3.74. The zero-order valence-electron chi connectivity index (χ0n) is 19.1. The van der Waals surface area contributed by atoms with Crippen molar-refractivity contribution in [2.75, 3.05) is 17.2 Å². The van der Waals surface area contributed by atoms with Crippen LogP contribution in [0.25, 0.3) is 5.70 Å². The molecule has 0 fully saturated rings. The van der Waals surface area contributed by atoms with E-state index in [1.807, 2.05) is 31.2 Å². The topological polar surface area (TPSA) is 62.4 Å². The first-order chi connectivity index (χ1) is 16.2. The number of para-hydroxylation sites is 2. The smallest absolute Gasteiger partial charge is 0.384 e. The molecule has 0 aromatic heterocycles. The van der Waals surface area contributed by atoms with Crippen LogP contribution < -0.4 is 16.4 Å². The van der Waals surface area contributed by atoms with Gasteiger partial charge in [-0.3, -0.25) is 0 Å². The number of aliphatic imine (C=N–C) groups is 1. The second kappa shape index (κ2) is 9.25. The van der Waals surface area contributed by atoms with Crippen molar-refractivity contribution in [2.45, 2.75) is 32.5 Å². The monoisotopic (exact) mass is 464 g/mol. The Bertz CT molecular complexity index is 1260. The minimum atomic E-state index is -4.50. The number of fused-ring (bicyclic) bond motifs is 1. The molecule has 7 heteroatoms. The SMILES string of the molecule is C=C(N=C(N)c1ccccc1NC1c2ccc(C)cc21)c1cccc(C(F)(F)F)c1NCCC. The maximum Gasteiger partial charge on any atom is 0.418 e. The summed E-state index contributed by atoms with van der Waals surface area (Å²) in [5, 5.41) is 6.38. The summed E-state index contributed by atoms with van der Waals surface area (Å²) in [5.74, 6) is 0.174. The van der Waals surface area contributed by atoms with E-state index < -0.39 is 11.7 Å². The molecule has 1 aliphatic rings. The van der Waals surface area contributed by atoms with E-state index in [0.717, 1.165) is 11.8 Å². The van der Waals surface area contributed by atoms with E-state index in [4.69, 9.17) is 5.73 Å². The molecule has 0 bridgehead atoms. The van der Waals surface area contributed by atoms with Crippen LogP contribution in [0.4, 0.5) is 24.5 Å². The van der Waals surface area contributed by atoms with E-state index >= 15 is 0 Å². The first kappa shape index (κ1) is 23.4. The van der Waals surface area contributed by atoms with Crippen LogP contribution in [0.5, 0.6) is 0 Å². The van der Waals surface area contributed by atoms with Gasteiger partial charge in [0.05, 0.1) is 23.0 Å². The van der Waals surface area contributed by atoms with Gasteiger partial charge in [-0.2, -0.15) is 13.2 Å². The fourth-order valence-electron chi connectivity index (χ4n) is 4.01. The van der Waals surface area contributed by atoms with Gasteiger partial charge < -0.3 is 16.4 Å². The van der Waals surface area contributed by atoms with E-state index in [1.165, 1.54) is 22.8 Å². The van der Waals surface area contributed by atoms with Gasteiger partial charge in [0.1, 0.15) is 5.84 Å². The molecule has 4 N–H and O–H groups in total. The van der Waals surface area contributed by atoms with E-state index in [0.29, 0.717) is 18.5 Å². The highest BCUT2D eigenvalue weighted by Gasteiger charge is 2.35. The first-order valence-corrected chi connectivity index (χ1v) is 11.1. The van der Waals surface area contributed by atoms with Crippen LogP contribution in [0.15, 0.2) is 72.2 Å². The number of anilines is 2. The average Bonchev–Trinajstić information content (AvgIpc) is 3.47. The quantitative estimate of drug-likeness (QED) is 0.256. The lowest BCUT2D eigenvalue weighted by atomic mass is 10.0. The van der Waals surface area contributed by atoms with Gasteiger partial charge in [0, 0.05) is 23.4 Å². The summed E-state index contributed by atoms with van der Waals surface area (Å²) in [6.45, 7) is 8.26. The van der Waals surface area contributed by atoms with Gasteiger partial charge >= 0.3 is 6.18 Å². The van der Waals surface area contributed by atoms with Crippen molar-refractivity contribution in [2.24, 2.45) is 10.7 Å². The molecule has 1 aliphatic carbocycles. The van der Waals surface area contributed by atoms with E-state index in [2.05, 4.69) is 47.3 Å². The number of rotatable bonds is 8. The Balaban J connectivity index is 1.63. The lowest BCUT2D eigenvalue weighted by molar-refractivity contribution is -0.137. The Morgan fingerprint density at radius 3 is 2.47 bits per heavy atom. The van der Waals surface area contributed by atoms with Gasteiger partial charge in [0.15, 0.2) is 0 Å². The van der Waals surface area contributed by atoms with E-state index in [1.54, 1.807) is 6.07 Å². The number of hydrogen-bond acceptors (Lipinski definition) is 3. The largest absolute Gasteiger partial charge is 0.418 e. The molecule has 176 valence electrons. The van der Waals surface area contributed by atoms with Crippen molar-refractivity contribution in [3.8, 4) is 0 Å². The number of alkyl halides is 3. The second-order valence-electron chi connectivity index (χ2n) is 8.35. The Morgan fingerprint density at radius 1 is 1.03 bits per heavy atom. The third-order valence-electron chi connectivity index (χ3n) is 5.77. The Morgan fingerprint density at radius 2 is 1.76 bits per heavy atom. The van der Waals surface area contributed by atoms with Crippen molar-refractivity contribution in [1.29, 1.82) is 0 Å². The van der Waals surface area contributed by atoms with Crippen molar-refractivity contribution in [3.63, 3.8) is 0 Å². The lowest BCUT2D eigenvalue weighted by Crippen LogP contribution is -2.17. The van der Waals surface area contributed by atoms with Crippen LogP contribution in [0, 0.1) is 6.92 Å². The van der Waals surface area contributed by atoms with Crippen molar-refractivity contribution in [3.05, 3.63) is 101 Å². The molecule has 0 radical (unpaired) electrons. The van der Waals surface area contributed by atoms with Crippen molar-refractivity contribution in [1.82, 2.24) is 0 Å². The summed E-state index contributed by atoms with van der Waals surface area (Å²) in [6, 6.07) is 17.9. The molecule has 3 aromatic rings. The molecule has 0 aliphatic heterocycles. The van der Waals surface area contributed by atoms with E-state index in [9.17, 15) is 13.2 Å². The van der Waals surface area contributed by atoms with Crippen molar-refractivity contribution >= 4 is 22.9 Å². The highest BCUT2D eigenvalue weighted by atomic mass is 19.4. The molecule has 4 nitrogen and oxygen atoms in total. The fraction of sp³-hybridized carbons (Fsp3) is 0.222. The maximum absolute atomic E-state index is 13.6. The van der Waals surface area contributed by atoms with Crippen LogP contribution >= 0.6 is 0 Å². The highest BCUT2D eigenvalue weighted by Crippen LogP contribution is 2.44. The summed E-state index contributed by atoms with van der Waals surface area (Å²) in [7, 11) is 0. The maximum atomic E-state index is 13.6. The number of halogens is 3. The predicted molar refractivity (Wildman–Crippen MR) is 133 cm³/mol. The number of nitrogens with zero attached hydrogens (tertiary/aromatic N) is 1. The number of aryl methyl sites for hydroxylation is 1. The number of amidine groups is 1. The molecule has 0 saturated heterocycles. The van der Waals surface area contributed by atoms with Gasteiger partial charge in [-0.15, -0.1) is 0 Å². The minimum absolute atomic E-state index is 0.0337. The van der Waals surface area contributed by atoms with Gasteiger partial charge in [-0.05, 0) is 42.7 Å². The predicted octanol–water partition coefficient (Wildman–Crippen LogP) is 6.73. The second-order valence-corrected chi connectivity index (χ2v) is 8.35. The highest BCUT2D eigenvalue weighted by molar-refractivity contribution is 6.05. The average molecular weight is 465 g/mol. The third-order valence-corrected chi connectivity index (χ3v) is 5.77. The van der Waals surface area contributed by atoms with Gasteiger partial charge in [-0.1, -0.05) is 61.5 Å². The molecule has 1 unspecified atom stereocenters. The molecule has 0 heterocycles. The molecular weight excluding hydrogens is 437 g/mol. The first-order valence-electron chi connectivity index (χ1n) is 11.1. The van der Waals surface area contributed by atoms with Crippen LogP contribution in [0.3, 0.4) is 0 Å². The van der Waals surface area contributed by atoms with Crippen LogP contribution in [0.2, 0.25) is 0 Å². The molecule has 0 spiro atoms. The zero-order valence-corrected chi connectivity index (χ0v) is 19.1. The van der Waals surface area contributed by atoms with Gasteiger partial charge in [0.25, 0.3) is 0 Å². The summed E-state index contributed by atoms with van der Waals surface area (Å²) < 4.78 is 40.9. The molecule has 0 saturated carbocycles. The Labute approximate surface area is 197 Å². The van der Waals surface area contributed by atoms with Crippen molar-refractivity contribution < 1.29 is 13.2 Å². The molecular formula is C27H27F3N4. The van der Waals surface area contributed by atoms with Crippen LogP contribution in [-0.2, 0) is 6.18 Å². The minimum Gasteiger partial charge on any atom is -0.384 e. The molecule has 3 aromatic carbocycles. The van der Waals surface area contributed by atoms with E-state index in [-0.39, 0.29) is 28.8 Å². The molecule has 34 heavy (non-hydrogen) atoms. The summed E-state index contributed by atoms with van der Waals surface area (Å²) >= 11 is 0. The Kier molecular flexibility index (Phi) is 6.37. The number of hydrogen-bond donors (Lipinski definition) is 3. The van der Waals surface area contributed by atoms with Crippen LogP contribution in [-0.4, -0.2) is 12.4 Å². The molecule has 1 atom stereocenters. The fourth-order valence-corrected chi connectivity index (χ4v) is 4.01. The zero-order chi connectivity index (χ0) is 24.5. The summed E-state index contributed by atoms with van der Waals surface area (Å²) in [5.41, 5.74) is 11.1.